The van der Waals surface area contributed by atoms with Gasteiger partial charge in [-0.25, -0.2) is 4.79 Å². The molecule has 1 aromatic heterocycles. The summed E-state index contributed by atoms with van der Waals surface area (Å²) in [6.07, 6.45) is 6.34. The molecule has 4 rings (SSSR count). The van der Waals surface area contributed by atoms with E-state index in [1.165, 1.54) is 28.5 Å². The van der Waals surface area contributed by atoms with E-state index in [-0.39, 0.29) is 36.5 Å². The number of nitrogens with one attached hydrogen (secondary N) is 1. The maximum absolute atomic E-state index is 13.7. The first-order valence-corrected chi connectivity index (χ1v) is 11.9. The molecule has 0 radical (unpaired) electrons. The Morgan fingerprint density at radius 2 is 1.94 bits per heavy atom. The second-order valence-electron chi connectivity index (χ2n) is 8.85. The van der Waals surface area contributed by atoms with Crippen LogP contribution in [0.1, 0.15) is 73.3 Å². The Morgan fingerprint density at radius 3 is 2.61 bits per heavy atom. The van der Waals surface area contributed by atoms with E-state index < -0.39 is 17.4 Å². The molecule has 2 heterocycles. The predicted octanol–water partition coefficient (Wildman–Crippen LogP) is 3.97. The SMILES string of the molecule is CCOC(=O)c1cc2n(n1)C[C@](C)(C(=O)NC1CCCCCC1)N(c1cccc(Cl)c1)C2=O. The van der Waals surface area contributed by atoms with Crippen LogP contribution in [0.5, 0.6) is 0 Å². The fourth-order valence-corrected chi connectivity index (χ4v) is 4.86. The molecular formula is C24H29ClN4O4. The molecule has 176 valence electrons. The van der Waals surface area contributed by atoms with Gasteiger partial charge in [-0.2, -0.15) is 5.10 Å². The molecule has 1 aliphatic carbocycles. The molecular weight excluding hydrogens is 444 g/mol. The first-order chi connectivity index (χ1) is 15.8. The highest BCUT2D eigenvalue weighted by Crippen LogP contribution is 2.34. The van der Waals surface area contributed by atoms with E-state index in [1.807, 2.05) is 0 Å². The normalized spacial score (nSPS) is 21.3. The van der Waals surface area contributed by atoms with Crippen LogP contribution in [-0.4, -0.2) is 45.8 Å². The average Bonchev–Trinajstić information content (AvgIpc) is 3.03. The summed E-state index contributed by atoms with van der Waals surface area (Å²) in [4.78, 5) is 41.1. The number of hydrogen-bond donors (Lipinski definition) is 1. The number of carbonyl (C=O) groups excluding carboxylic acids is 3. The summed E-state index contributed by atoms with van der Waals surface area (Å²) >= 11 is 6.22. The van der Waals surface area contributed by atoms with Gasteiger partial charge < -0.3 is 10.1 Å². The third kappa shape index (κ3) is 4.62. The number of rotatable bonds is 5. The zero-order valence-electron chi connectivity index (χ0n) is 19.0. The highest BCUT2D eigenvalue weighted by Gasteiger charge is 2.49. The maximum atomic E-state index is 13.7. The Kier molecular flexibility index (Phi) is 6.74. The second kappa shape index (κ2) is 9.55. The summed E-state index contributed by atoms with van der Waals surface area (Å²) < 4.78 is 6.48. The van der Waals surface area contributed by atoms with E-state index in [2.05, 4.69) is 10.4 Å². The minimum atomic E-state index is -1.26. The van der Waals surface area contributed by atoms with Gasteiger partial charge in [0.2, 0.25) is 5.91 Å². The van der Waals surface area contributed by atoms with Gasteiger partial charge in [-0.1, -0.05) is 43.4 Å². The molecule has 2 aliphatic rings. The third-order valence-electron chi connectivity index (χ3n) is 6.38. The molecule has 1 saturated carbocycles. The number of carbonyl (C=O) groups is 3. The number of fused-ring (bicyclic) bond motifs is 1. The first-order valence-electron chi connectivity index (χ1n) is 11.5. The van der Waals surface area contributed by atoms with Crippen LogP contribution < -0.4 is 10.2 Å². The zero-order valence-corrected chi connectivity index (χ0v) is 19.7. The van der Waals surface area contributed by atoms with Crippen LogP contribution >= 0.6 is 11.6 Å². The van der Waals surface area contributed by atoms with Crippen molar-refractivity contribution in [3.63, 3.8) is 0 Å². The quantitative estimate of drug-likeness (QED) is 0.525. The lowest BCUT2D eigenvalue weighted by molar-refractivity contribution is -0.127. The van der Waals surface area contributed by atoms with Gasteiger partial charge >= 0.3 is 5.97 Å². The molecule has 0 spiro atoms. The van der Waals surface area contributed by atoms with Gasteiger partial charge in [0.05, 0.1) is 13.2 Å². The average molecular weight is 473 g/mol. The molecule has 2 amide bonds. The molecule has 1 atom stereocenters. The summed E-state index contributed by atoms with van der Waals surface area (Å²) in [5, 5.41) is 7.94. The van der Waals surface area contributed by atoms with Crippen molar-refractivity contribution < 1.29 is 19.1 Å². The Labute approximate surface area is 198 Å². The third-order valence-corrected chi connectivity index (χ3v) is 6.62. The molecule has 2 aromatic rings. The second-order valence-corrected chi connectivity index (χ2v) is 9.29. The lowest BCUT2D eigenvalue weighted by Gasteiger charge is -2.43. The van der Waals surface area contributed by atoms with Crippen molar-refractivity contribution in [3.05, 3.63) is 46.7 Å². The van der Waals surface area contributed by atoms with E-state index in [0.717, 1.165) is 25.7 Å². The van der Waals surface area contributed by atoms with Crippen LogP contribution in [0.25, 0.3) is 0 Å². The summed E-state index contributed by atoms with van der Waals surface area (Å²) in [6, 6.07) is 8.35. The topological polar surface area (TPSA) is 93.5 Å². The molecule has 1 aliphatic heterocycles. The molecule has 8 nitrogen and oxygen atoms in total. The summed E-state index contributed by atoms with van der Waals surface area (Å²) in [7, 11) is 0. The fraction of sp³-hybridized carbons (Fsp3) is 0.500. The zero-order chi connectivity index (χ0) is 23.6. The summed E-state index contributed by atoms with van der Waals surface area (Å²) in [5.74, 6) is -1.28. The van der Waals surface area contributed by atoms with Crippen molar-refractivity contribution >= 4 is 35.1 Å². The van der Waals surface area contributed by atoms with Gasteiger partial charge in [0.1, 0.15) is 11.2 Å². The molecule has 9 heteroatoms. The van der Waals surface area contributed by atoms with Crippen LogP contribution in [0.4, 0.5) is 5.69 Å². The largest absolute Gasteiger partial charge is 0.461 e. The number of aromatic nitrogens is 2. The van der Waals surface area contributed by atoms with Gasteiger partial charge in [-0.05, 0) is 44.9 Å². The summed E-state index contributed by atoms with van der Waals surface area (Å²) in [5.41, 5.74) is -0.493. The van der Waals surface area contributed by atoms with Gasteiger partial charge in [0.15, 0.2) is 5.69 Å². The lowest BCUT2D eigenvalue weighted by Crippen LogP contribution is -2.65. The smallest absolute Gasteiger partial charge is 0.358 e. The first kappa shape index (κ1) is 23.3. The number of benzene rings is 1. The maximum Gasteiger partial charge on any atom is 0.358 e. The lowest BCUT2D eigenvalue weighted by atomic mass is 9.93. The van der Waals surface area contributed by atoms with E-state index in [1.54, 1.807) is 38.1 Å². The molecule has 0 unspecified atom stereocenters. The van der Waals surface area contributed by atoms with Crippen LogP contribution in [0.15, 0.2) is 30.3 Å². The predicted molar refractivity (Wildman–Crippen MR) is 124 cm³/mol. The number of anilines is 1. The van der Waals surface area contributed by atoms with Crippen molar-refractivity contribution in [2.24, 2.45) is 0 Å². The van der Waals surface area contributed by atoms with Gasteiger partial charge in [0.25, 0.3) is 5.91 Å². The molecule has 1 aromatic carbocycles. The Morgan fingerprint density at radius 1 is 1.21 bits per heavy atom. The standard InChI is InChI=1S/C24H29ClN4O4/c1-3-33-22(31)19-14-20-21(30)29(18-12-8-9-16(25)13-18)24(2,15-28(20)27-19)23(32)26-17-10-6-4-5-7-11-17/h8-9,12-14,17H,3-7,10-11,15H2,1-2H3,(H,26,32)/t24-/m1/s1. The van der Waals surface area contributed by atoms with Crippen LogP contribution in [-0.2, 0) is 16.1 Å². The van der Waals surface area contributed by atoms with Crippen LogP contribution in [0, 0.1) is 0 Å². The molecule has 0 bridgehead atoms. The fourth-order valence-electron chi connectivity index (χ4n) is 4.67. The van der Waals surface area contributed by atoms with Crippen LogP contribution in [0.2, 0.25) is 5.02 Å². The minimum Gasteiger partial charge on any atom is -0.461 e. The molecule has 1 N–H and O–H groups in total. The Bertz CT molecular complexity index is 1060. The highest BCUT2D eigenvalue weighted by atomic mass is 35.5. The van der Waals surface area contributed by atoms with E-state index >= 15 is 0 Å². The van der Waals surface area contributed by atoms with Crippen molar-refractivity contribution in [1.82, 2.24) is 15.1 Å². The van der Waals surface area contributed by atoms with Crippen molar-refractivity contribution in [3.8, 4) is 0 Å². The van der Waals surface area contributed by atoms with Gasteiger partial charge in [0, 0.05) is 22.8 Å². The highest BCUT2D eigenvalue weighted by molar-refractivity contribution is 6.31. The summed E-state index contributed by atoms with van der Waals surface area (Å²) in [6.45, 7) is 3.73. The van der Waals surface area contributed by atoms with Crippen LogP contribution in [0.3, 0.4) is 0 Å². The molecule has 0 saturated heterocycles. The number of esters is 1. The minimum absolute atomic E-state index is 0.0414. The number of ether oxygens (including phenoxy) is 1. The molecule has 33 heavy (non-hydrogen) atoms. The number of halogens is 1. The number of amides is 2. The van der Waals surface area contributed by atoms with E-state index in [0.29, 0.717) is 10.7 Å². The van der Waals surface area contributed by atoms with Gasteiger partial charge in [-0.15, -0.1) is 0 Å². The molecule has 1 fully saturated rings. The van der Waals surface area contributed by atoms with E-state index in [9.17, 15) is 14.4 Å². The van der Waals surface area contributed by atoms with Crippen molar-refractivity contribution in [2.75, 3.05) is 11.5 Å². The Balaban J connectivity index is 1.73. The number of nitrogens with zero attached hydrogens (tertiary/aromatic N) is 3. The number of hydrogen-bond acceptors (Lipinski definition) is 5. The van der Waals surface area contributed by atoms with E-state index in [4.69, 9.17) is 16.3 Å². The Hall–Kier alpha value is -2.87. The monoisotopic (exact) mass is 472 g/mol. The van der Waals surface area contributed by atoms with Gasteiger partial charge in [-0.3, -0.25) is 19.2 Å². The van der Waals surface area contributed by atoms with Crippen molar-refractivity contribution in [1.29, 1.82) is 0 Å². The van der Waals surface area contributed by atoms with Crippen molar-refractivity contribution in [2.45, 2.75) is 70.5 Å².